The molecule has 1 aliphatic heterocycles. The number of sulfonamides is 1. The third-order valence-corrected chi connectivity index (χ3v) is 5.52. The van der Waals surface area contributed by atoms with Gasteiger partial charge in [0.1, 0.15) is 0 Å². The molecule has 1 fully saturated rings. The minimum Gasteiger partial charge on any atom is -0.369 e. The van der Waals surface area contributed by atoms with E-state index in [1.54, 1.807) is 23.1 Å². The lowest BCUT2D eigenvalue weighted by Crippen LogP contribution is -2.50. The molecule has 2 rings (SSSR count). The quantitative estimate of drug-likeness (QED) is 0.791. The van der Waals surface area contributed by atoms with Crippen LogP contribution in [0.25, 0.3) is 0 Å². The molecule has 0 saturated carbocycles. The largest absolute Gasteiger partial charge is 0.369 e. The maximum atomic E-state index is 12.4. The molecule has 0 spiro atoms. The number of hydrogen-bond acceptors (Lipinski definition) is 4. The first-order valence-electron chi connectivity index (χ1n) is 7.47. The topological polar surface area (TPSA) is 110 Å². The van der Waals surface area contributed by atoms with E-state index < -0.39 is 16.1 Å². The number of nitrogens with zero attached hydrogens (tertiary/aromatic N) is 1. The molecule has 0 unspecified atom stereocenters. The Balaban J connectivity index is 1.97. The van der Waals surface area contributed by atoms with E-state index in [-0.39, 0.29) is 22.6 Å². The maximum Gasteiger partial charge on any atom is 0.241 e. The van der Waals surface area contributed by atoms with Crippen LogP contribution in [0.4, 0.5) is 0 Å². The molecule has 0 bridgehead atoms. The molecule has 8 heteroatoms. The summed E-state index contributed by atoms with van der Waals surface area (Å²) in [7, 11) is -3.74. The molecular weight excluding hydrogens is 318 g/mol. The Kier molecular flexibility index (Phi) is 5.38. The number of hydrogen-bond donors (Lipinski definition) is 2. The number of carbonyl (C=O) groups is 2. The molecule has 7 nitrogen and oxygen atoms in total. The number of amides is 2. The molecule has 1 aromatic carbocycles. The molecule has 2 amide bonds. The number of benzene rings is 1. The minimum absolute atomic E-state index is 0.118. The summed E-state index contributed by atoms with van der Waals surface area (Å²) in [5, 5.41) is 0. The number of primary amides is 1. The SMILES string of the molecule is C[C@@H](NS(=O)(=O)c1ccccc1)C(=O)N1CCC(C(N)=O)CC1. The van der Waals surface area contributed by atoms with Gasteiger partial charge in [-0.25, -0.2) is 8.42 Å². The van der Waals surface area contributed by atoms with Crippen molar-refractivity contribution < 1.29 is 18.0 Å². The highest BCUT2D eigenvalue weighted by atomic mass is 32.2. The van der Waals surface area contributed by atoms with Gasteiger partial charge in [0, 0.05) is 19.0 Å². The lowest BCUT2D eigenvalue weighted by Gasteiger charge is -2.32. The zero-order valence-corrected chi connectivity index (χ0v) is 13.8. The van der Waals surface area contributed by atoms with Crippen LogP contribution >= 0.6 is 0 Å². The fourth-order valence-electron chi connectivity index (χ4n) is 2.61. The maximum absolute atomic E-state index is 12.4. The van der Waals surface area contributed by atoms with Crippen LogP contribution in [0.5, 0.6) is 0 Å². The van der Waals surface area contributed by atoms with E-state index in [9.17, 15) is 18.0 Å². The average molecular weight is 339 g/mol. The van der Waals surface area contributed by atoms with Crippen molar-refractivity contribution in [1.29, 1.82) is 0 Å². The third-order valence-electron chi connectivity index (χ3n) is 3.96. The van der Waals surface area contributed by atoms with Crippen LogP contribution in [-0.2, 0) is 19.6 Å². The van der Waals surface area contributed by atoms with Crippen molar-refractivity contribution in [3.8, 4) is 0 Å². The summed E-state index contributed by atoms with van der Waals surface area (Å²) >= 11 is 0. The summed E-state index contributed by atoms with van der Waals surface area (Å²) in [4.78, 5) is 25.2. The number of piperidine rings is 1. The predicted octanol–water partition coefficient (Wildman–Crippen LogP) is 0.0773. The van der Waals surface area contributed by atoms with Gasteiger partial charge in [0.2, 0.25) is 21.8 Å². The van der Waals surface area contributed by atoms with Gasteiger partial charge in [-0.3, -0.25) is 9.59 Å². The lowest BCUT2D eigenvalue weighted by molar-refractivity contribution is -0.136. The molecule has 126 valence electrons. The standard InChI is InChI=1S/C15H21N3O4S/c1-11(17-23(21,22)13-5-3-2-4-6-13)15(20)18-9-7-12(8-10-18)14(16)19/h2-6,11-12,17H,7-10H2,1H3,(H2,16,19)/t11-/m1/s1. The fraction of sp³-hybridized carbons (Fsp3) is 0.467. The lowest BCUT2D eigenvalue weighted by atomic mass is 9.96. The predicted molar refractivity (Wildman–Crippen MR) is 84.7 cm³/mol. The Bertz CT molecular complexity index is 667. The fourth-order valence-corrected chi connectivity index (χ4v) is 3.83. The number of nitrogens with two attached hydrogens (primary N) is 1. The number of likely N-dealkylation sites (tertiary alicyclic amines) is 1. The van der Waals surface area contributed by atoms with E-state index in [2.05, 4.69) is 4.72 Å². The van der Waals surface area contributed by atoms with Crippen LogP contribution in [0.2, 0.25) is 0 Å². The van der Waals surface area contributed by atoms with Crippen molar-refractivity contribution in [1.82, 2.24) is 9.62 Å². The Morgan fingerprint density at radius 1 is 1.22 bits per heavy atom. The summed E-state index contributed by atoms with van der Waals surface area (Å²) < 4.78 is 26.8. The van der Waals surface area contributed by atoms with Crippen molar-refractivity contribution in [2.24, 2.45) is 11.7 Å². The third kappa shape index (κ3) is 4.29. The average Bonchev–Trinajstić information content (AvgIpc) is 2.54. The molecule has 1 aromatic rings. The van der Waals surface area contributed by atoms with Crippen LogP contribution in [0.1, 0.15) is 19.8 Å². The van der Waals surface area contributed by atoms with Crippen molar-refractivity contribution >= 4 is 21.8 Å². The second-order valence-electron chi connectivity index (χ2n) is 5.66. The molecule has 1 aliphatic rings. The smallest absolute Gasteiger partial charge is 0.241 e. The van der Waals surface area contributed by atoms with E-state index in [0.29, 0.717) is 25.9 Å². The second kappa shape index (κ2) is 7.10. The van der Waals surface area contributed by atoms with Gasteiger partial charge in [-0.15, -0.1) is 0 Å². The van der Waals surface area contributed by atoms with Crippen molar-refractivity contribution in [3.05, 3.63) is 30.3 Å². The molecule has 0 aliphatic carbocycles. The monoisotopic (exact) mass is 339 g/mol. The molecule has 1 atom stereocenters. The van der Waals surface area contributed by atoms with Gasteiger partial charge in [-0.1, -0.05) is 18.2 Å². The van der Waals surface area contributed by atoms with E-state index in [4.69, 9.17) is 5.73 Å². The number of carbonyl (C=O) groups excluding carboxylic acids is 2. The van der Waals surface area contributed by atoms with Gasteiger partial charge < -0.3 is 10.6 Å². The number of nitrogens with one attached hydrogen (secondary N) is 1. The zero-order chi connectivity index (χ0) is 17.0. The van der Waals surface area contributed by atoms with Crippen LogP contribution < -0.4 is 10.5 Å². The molecule has 0 radical (unpaired) electrons. The summed E-state index contributed by atoms with van der Waals surface area (Å²) in [6, 6.07) is 7.03. The highest BCUT2D eigenvalue weighted by Gasteiger charge is 2.30. The first-order chi connectivity index (χ1) is 10.8. The zero-order valence-electron chi connectivity index (χ0n) is 12.9. The van der Waals surface area contributed by atoms with Gasteiger partial charge in [-0.05, 0) is 31.9 Å². The first kappa shape index (κ1) is 17.4. The Hall–Kier alpha value is -1.93. The second-order valence-corrected chi connectivity index (χ2v) is 7.37. The van der Waals surface area contributed by atoms with Crippen molar-refractivity contribution in [3.63, 3.8) is 0 Å². The highest BCUT2D eigenvalue weighted by molar-refractivity contribution is 7.89. The summed E-state index contributed by atoms with van der Waals surface area (Å²) in [5.74, 6) is -0.863. The molecule has 1 heterocycles. The molecule has 0 aromatic heterocycles. The van der Waals surface area contributed by atoms with Crippen LogP contribution in [0.3, 0.4) is 0 Å². The number of rotatable bonds is 5. The molecule has 3 N–H and O–H groups in total. The van der Waals surface area contributed by atoms with Crippen molar-refractivity contribution in [2.45, 2.75) is 30.7 Å². The Morgan fingerprint density at radius 2 is 1.78 bits per heavy atom. The van der Waals surface area contributed by atoms with Crippen LogP contribution in [0, 0.1) is 5.92 Å². The van der Waals surface area contributed by atoms with Gasteiger partial charge >= 0.3 is 0 Å². The van der Waals surface area contributed by atoms with E-state index in [1.807, 2.05) is 0 Å². The van der Waals surface area contributed by atoms with Crippen molar-refractivity contribution in [2.75, 3.05) is 13.1 Å². The summed E-state index contributed by atoms with van der Waals surface area (Å²) in [6.45, 7) is 2.33. The minimum atomic E-state index is -3.74. The molecule has 1 saturated heterocycles. The van der Waals surface area contributed by atoms with Gasteiger partial charge in [0.25, 0.3) is 0 Å². The van der Waals surface area contributed by atoms with E-state index in [1.165, 1.54) is 19.1 Å². The van der Waals surface area contributed by atoms with Crippen LogP contribution in [0.15, 0.2) is 35.2 Å². The van der Waals surface area contributed by atoms with Gasteiger partial charge in [0.15, 0.2) is 0 Å². The van der Waals surface area contributed by atoms with E-state index in [0.717, 1.165) is 0 Å². The Morgan fingerprint density at radius 3 is 2.30 bits per heavy atom. The summed E-state index contributed by atoms with van der Waals surface area (Å²) in [6.07, 6.45) is 1.03. The molecular formula is C15H21N3O4S. The first-order valence-corrected chi connectivity index (χ1v) is 8.95. The van der Waals surface area contributed by atoms with Crippen LogP contribution in [-0.4, -0.2) is 44.3 Å². The summed E-state index contributed by atoms with van der Waals surface area (Å²) in [5.41, 5.74) is 5.26. The van der Waals surface area contributed by atoms with E-state index >= 15 is 0 Å². The highest BCUT2D eigenvalue weighted by Crippen LogP contribution is 2.17. The molecule has 23 heavy (non-hydrogen) atoms. The van der Waals surface area contributed by atoms with Gasteiger partial charge in [-0.2, -0.15) is 4.72 Å². The van der Waals surface area contributed by atoms with Gasteiger partial charge in [0.05, 0.1) is 10.9 Å². The normalized spacial score (nSPS) is 17.7. The Labute approximate surface area is 135 Å².